The maximum Gasteiger partial charge on any atom is 0.253 e. The number of benzene rings is 1. The van der Waals surface area contributed by atoms with Gasteiger partial charge in [-0.05, 0) is 57.2 Å². The minimum absolute atomic E-state index is 0.0310. The van der Waals surface area contributed by atoms with Crippen LogP contribution in [0.1, 0.15) is 48.9 Å². The van der Waals surface area contributed by atoms with E-state index in [1.54, 1.807) is 10.6 Å². The van der Waals surface area contributed by atoms with Gasteiger partial charge in [-0.15, -0.1) is 0 Å². The third kappa shape index (κ3) is 2.70. The number of hydrogen-bond donors (Lipinski definition) is 0. The maximum absolute atomic E-state index is 13.3. The molecule has 25 heavy (non-hydrogen) atoms. The number of pyridine rings is 1. The van der Waals surface area contributed by atoms with Crippen LogP contribution in [-0.4, -0.2) is 8.78 Å². The van der Waals surface area contributed by atoms with E-state index in [0.717, 1.165) is 52.3 Å². The lowest BCUT2D eigenvalue weighted by Crippen LogP contribution is -2.41. The van der Waals surface area contributed by atoms with Crippen molar-refractivity contribution in [3.05, 3.63) is 57.5 Å². The van der Waals surface area contributed by atoms with Gasteiger partial charge in [0.25, 0.3) is 5.56 Å². The van der Waals surface area contributed by atoms with Crippen LogP contribution in [0, 0.1) is 13.8 Å². The van der Waals surface area contributed by atoms with Crippen LogP contribution < -0.4 is 5.56 Å². The fraction of sp³-hybridized carbons (Fsp3) is 0.450. The number of rotatable bonds is 2. The van der Waals surface area contributed by atoms with E-state index in [0.29, 0.717) is 6.61 Å². The van der Waals surface area contributed by atoms with Crippen LogP contribution in [0.2, 0.25) is 0 Å². The van der Waals surface area contributed by atoms with Gasteiger partial charge < -0.3 is 4.74 Å². The first kappa shape index (κ1) is 16.7. The summed E-state index contributed by atoms with van der Waals surface area (Å²) in [7, 11) is -1.32. The topological polar surface area (TPSA) is 48.3 Å². The highest BCUT2D eigenvalue weighted by molar-refractivity contribution is 7.85. The van der Waals surface area contributed by atoms with Crippen molar-refractivity contribution in [3.8, 4) is 0 Å². The molecule has 0 amide bonds. The van der Waals surface area contributed by atoms with Crippen molar-refractivity contribution in [1.29, 1.82) is 0 Å². The summed E-state index contributed by atoms with van der Waals surface area (Å²) in [6.45, 7) is 4.25. The summed E-state index contributed by atoms with van der Waals surface area (Å²) < 4.78 is 21.2. The van der Waals surface area contributed by atoms with Gasteiger partial charge in [0.15, 0.2) is 0 Å². The molecule has 1 aliphatic heterocycles. The number of fused-ring (bicyclic) bond motifs is 2. The van der Waals surface area contributed by atoms with Crippen molar-refractivity contribution in [2.24, 2.45) is 0 Å². The molecular weight excluding hydrogens is 334 g/mol. The van der Waals surface area contributed by atoms with Crippen LogP contribution in [0.25, 0.3) is 0 Å². The highest BCUT2D eigenvalue weighted by atomic mass is 32.2. The highest BCUT2D eigenvalue weighted by Gasteiger charge is 2.43. The second-order valence-electron chi connectivity index (χ2n) is 7.15. The van der Waals surface area contributed by atoms with Gasteiger partial charge in [-0.2, -0.15) is 0 Å². The second-order valence-corrected chi connectivity index (χ2v) is 8.57. The van der Waals surface area contributed by atoms with E-state index in [4.69, 9.17) is 4.74 Å². The summed E-state index contributed by atoms with van der Waals surface area (Å²) in [6.07, 6.45) is 5.04. The normalized spacial score (nSPS) is 19.8. The number of nitrogens with zero attached hydrogens (tertiary/aromatic N) is 1. The summed E-state index contributed by atoms with van der Waals surface area (Å²) >= 11 is 0. The van der Waals surface area contributed by atoms with E-state index in [2.05, 4.69) is 0 Å². The Kier molecular flexibility index (Phi) is 4.16. The molecule has 1 aliphatic carbocycles. The Morgan fingerprint density at radius 3 is 2.44 bits per heavy atom. The van der Waals surface area contributed by atoms with Crippen LogP contribution >= 0.6 is 0 Å². The molecule has 1 atom stereocenters. The van der Waals surface area contributed by atoms with Crippen LogP contribution in [0.4, 0.5) is 0 Å². The fourth-order valence-corrected chi connectivity index (χ4v) is 5.46. The minimum atomic E-state index is -1.32. The molecule has 1 saturated carbocycles. The van der Waals surface area contributed by atoms with Crippen LogP contribution in [0.5, 0.6) is 0 Å². The standard InChI is InChI=1S/C20H23NO3S/c1-14-6-8-16(9-7-14)25(23)19-15(2)12-18(22)21-17(19)13-24-20(21)10-4-3-5-11-20/h6-9,12H,3-5,10-11,13H2,1-2H3. The van der Waals surface area contributed by atoms with Crippen molar-refractivity contribution >= 4 is 10.8 Å². The van der Waals surface area contributed by atoms with Crippen molar-refractivity contribution in [2.75, 3.05) is 0 Å². The van der Waals surface area contributed by atoms with Crippen molar-refractivity contribution in [2.45, 2.75) is 68.1 Å². The Bertz CT molecular complexity index is 892. The Balaban J connectivity index is 1.86. The smallest absolute Gasteiger partial charge is 0.253 e. The molecule has 0 bridgehead atoms. The molecule has 2 aromatic rings. The van der Waals surface area contributed by atoms with Gasteiger partial charge in [0.2, 0.25) is 0 Å². The van der Waals surface area contributed by atoms with Crippen molar-refractivity contribution < 1.29 is 8.95 Å². The maximum atomic E-state index is 13.3. The predicted octanol–water partition coefficient (Wildman–Crippen LogP) is 3.78. The molecule has 132 valence electrons. The van der Waals surface area contributed by atoms with Crippen LogP contribution in [-0.2, 0) is 27.9 Å². The molecule has 1 spiro atoms. The molecule has 1 aromatic heterocycles. The van der Waals surface area contributed by atoms with E-state index in [-0.39, 0.29) is 5.56 Å². The highest BCUT2D eigenvalue weighted by Crippen LogP contribution is 2.42. The molecule has 1 unspecified atom stereocenters. The molecule has 5 heteroatoms. The van der Waals surface area contributed by atoms with Crippen LogP contribution in [0.15, 0.2) is 44.9 Å². The van der Waals surface area contributed by atoms with Gasteiger partial charge in [0.1, 0.15) is 5.72 Å². The molecule has 2 heterocycles. The fourth-order valence-electron chi connectivity index (χ4n) is 4.13. The SMILES string of the molecule is Cc1ccc(S(=O)c2c(C)cc(=O)n3c2COC32CCCCC2)cc1. The molecule has 4 rings (SSSR count). The first-order chi connectivity index (χ1) is 12.0. The van der Waals surface area contributed by atoms with E-state index in [1.807, 2.05) is 38.1 Å². The van der Waals surface area contributed by atoms with Crippen molar-refractivity contribution in [1.82, 2.24) is 4.57 Å². The van der Waals surface area contributed by atoms with Gasteiger partial charge in [-0.1, -0.05) is 24.1 Å². The Morgan fingerprint density at radius 2 is 1.76 bits per heavy atom. The quantitative estimate of drug-likeness (QED) is 0.822. The predicted molar refractivity (Wildman–Crippen MR) is 97.1 cm³/mol. The summed E-state index contributed by atoms with van der Waals surface area (Å²) in [4.78, 5) is 14.3. The molecule has 1 aromatic carbocycles. The second kappa shape index (κ2) is 6.22. The molecule has 2 aliphatic rings. The third-order valence-corrected chi connectivity index (χ3v) is 7.02. The summed E-state index contributed by atoms with van der Waals surface area (Å²) in [5.74, 6) is 0. The molecule has 0 radical (unpaired) electrons. The van der Waals surface area contributed by atoms with Crippen LogP contribution in [0.3, 0.4) is 0 Å². The van der Waals surface area contributed by atoms with Gasteiger partial charge in [0, 0.05) is 11.0 Å². The van der Waals surface area contributed by atoms with E-state index < -0.39 is 16.5 Å². The zero-order valence-electron chi connectivity index (χ0n) is 14.7. The van der Waals surface area contributed by atoms with E-state index in [9.17, 15) is 9.00 Å². The summed E-state index contributed by atoms with van der Waals surface area (Å²) in [5.41, 5.74) is 2.16. The molecule has 0 N–H and O–H groups in total. The molecule has 0 saturated heterocycles. The number of aryl methyl sites for hydroxylation is 2. The summed E-state index contributed by atoms with van der Waals surface area (Å²) in [6, 6.07) is 9.36. The summed E-state index contributed by atoms with van der Waals surface area (Å²) in [5, 5.41) is 0. The lowest BCUT2D eigenvalue weighted by molar-refractivity contribution is -0.108. The van der Waals surface area contributed by atoms with Gasteiger partial charge >= 0.3 is 0 Å². The average Bonchev–Trinajstić information content (AvgIpc) is 2.95. The third-order valence-electron chi connectivity index (χ3n) is 5.39. The first-order valence-corrected chi connectivity index (χ1v) is 10.1. The minimum Gasteiger partial charge on any atom is -0.349 e. The molecule has 1 fully saturated rings. The largest absolute Gasteiger partial charge is 0.349 e. The van der Waals surface area contributed by atoms with Gasteiger partial charge in [-0.3, -0.25) is 9.36 Å². The zero-order chi connectivity index (χ0) is 17.6. The number of hydrogen-bond acceptors (Lipinski definition) is 3. The molecular formula is C20H23NO3S. The zero-order valence-corrected chi connectivity index (χ0v) is 15.5. The van der Waals surface area contributed by atoms with Gasteiger partial charge in [-0.25, -0.2) is 4.21 Å². The number of ether oxygens (including phenoxy) is 1. The van der Waals surface area contributed by atoms with E-state index >= 15 is 0 Å². The number of aromatic nitrogens is 1. The average molecular weight is 357 g/mol. The lowest BCUT2D eigenvalue weighted by atomic mass is 9.91. The van der Waals surface area contributed by atoms with Gasteiger partial charge in [0.05, 0.1) is 28.0 Å². The Hall–Kier alpha value is -1.72. The van der Waals surface area contributed by atoms with E-state index in [1.165, 1.54) is 6.42 Å². The lowest BCUT2D eigenvalue weighted by Gasteiger charge is -2.34. The van der Waals surface area contributed by atoms with Crippen molar-refractivity contribution in [3.63, 3.8) is 0 Å². The Labute approximate surface area is 150 Å². The Morgan fingerprint density at radius 1 is 1.08 bits per heavy atom. The first-order valence-electron chi connectivity index (χ1n) is 8.90. The molecule has 4 nitrogen and oxygen atoms in total. The monoisotopic (exact) mass is 357 g/mol.